The molecule has 0 unspecified atom stereocenters. The van der Waals surface area contributed by atoms with Crippen molar-refractivity contribution in [2.24, 2.45) is 0 Å². The summed E-state index contributed by atoms with van der Waals surface area (Å²) in [5, 5.41) is 10.2. The SMILES string of the molecule is Cc1ccc(O)c(C(=O)c2ccc3occc(=O)c3c2)c1. The van der Waals surface area contributed by atoms with Crippen LogP contribution in [0.15, 0.2) is 57.9 Å². The number of carbonyl (C=O) groups excluding carboxylic acids is 1. The van der Waals surface area contributed by atoms with Gasteiger partial charge in [0, 0.05) is 11.6 Å². The van der Waals surface area contributed by atoms with E-state index >= 15 is 0 Å². The highest BCUT2D eigenvalue weighted by Crippen LogP contribution is 2.23. The van der Waals surface area contributed by atoms with Crippen LogP contribution in [0.4, 0.5) is 0 Å². The van der Waals surface area contributed by atoms with Gasteiger partial charge in [-0.3, -0.25) is 9.59 Å². The first kappa shape index (κ1) is 13.1. The van der Waals surface area contributed by atoms with E-state index in [1.807, 2.05) is 6.92 Å². The maximum Gasteiger partial charge on any atom is 0.196 e. The number of rotatable bonds is 2. The van der Waals surface area contributed by atoms with Gasteiger partial charge in [-0.2, -0.15) is 0 Å². The number of carbonyl (C=O) groups is 1. The molecule has 0 aliphatic carbocycles. The van der Waals surface area contributed by atoms with E-state index in [4.69, 9.17) is 4.42 Å². The topological polar surface area (TPSA) is 67.5 Å². The number of benzene rings is 2. The molecule has 0 aliphatic rings. The summed E-state index contributed by atoms with van der Waals surface area (Å²) in [5.41, 5.74) is 1.64. The Hall–Kier alpha value is -2.88. The highest BCUT2D eigenvalue weighted by Gasteiger charge is 2.15. The molecule has 1 heterocycles. The van der Waals surface area contributed by atoms with Crippen LogP contribution in [0.2, 0.25) is 0 Å². The average Bonchev–Trinajstić information content (AvgIpc) is 2.49. The summed E-state index contributed by atoms with van der Waals surface area (Å²) in [5.74, 6) is -0.410. The summed E-state index contributed by atoms with van der Waals surface area (Å²) in [4.78, 5) is 24.3. The first-order valence-electron chi connectivity index (χ1n) is 6.42. The molecule has 0 atom stereocenters. The maximum absolute atomic E-state index is 12.5. The molecule has 2 aromatic carbocycles. The third-order valence-electron chi connectivity index (χ3n) is 3.32. The van der Waals surface area contributed by atoms with Gasteiger partial charge in [-0.25, -0.2) is 0 Å². The number of aromatic hydroxyl groups is 1. The molecule has 0 saturated carbocycles. The monoisotopic (exact) mass is 280 g/mol. The quantitative estimate of drug-likeness (QED) is 0.733. The molecule has 4 heteroatoms. The maximum atomic E-state index is 12.5. The smallest absolute Gasteiger partial charge is 0.196 e. The van der Waals surface area contributed by atoms with Crippen LogP contribution in [0.1, 0.15) is 21.5 Å². The van der Waals surface area contributed by atoms with Gasteiger partial charge in [-0.05, 0) is 37.3 Å². The van der Waals surface area contributed by atoms with E-state index in [0.29, 0.717) is 16.5 Å². The first-order chi connectivity index (χ1) is 10.1. The van der Waals surface area contributed by atoms with Crippen LogP contribution in [0.3, 0.4) is 0 Å². The molecule has 1 aromatic heterocycles. The summed E-state index contributed by atoms with van der Waals surface area (Å²) >= 11 is 0. The standard InChI is InChI=1S/C17H12O4/c1-10-2-4-14(18)13(8-10)17(20)11-3-5-16-12(9-11)15(19)6-7-21-16/h2-9,18H,1H3. The van der Waals surface area contributed by atoms with Crippen LogP contribution in [-0.4, -0.2) is 10.9 Å². The molecule has 0 fully saturated rings. The van der Waals surface area contributed by atoms with Crippen LogP contribution in [0.25, 0.3) is 11.0 Å². The van der Waals surface area contributed by atoms with Crippen molar-refractivity contribution in [2.45, 2.75) is 6.92 Å². The van der Waals surface area contributed by atoms with Crippen molar-refractivity contribution in [2.75, 3.05) is 0 Å². The number of phenolic OH excluding ortho intramolecular Hbond substituents is 1. The number of phenols is 1. The van der Waals surface area contributed by atoms with E-state index in [1.165, 1.54) is 24.5 Å². The number of ketones is 1. The third-order valence-corrected chi connectivity index (χ3v) is 3.32. The predicted octanol–water partition coefficient (Wildman–Crippen LogP) is 3.04. The molecule has 0 amide bonds. The van der Waals surface area contributed by atoms with Gasteiger partial charge in [-0.15, -0.1) is 0 Å². The lowest BCUT2D eigenvalue weighted by Gasteiger charge is -2.06. The minimum absolute atomic E-state index is 0.0780. The lowest BCUT2D eigenvalue weighted by Crippen LogP contribution is -2.05. The van der Waals surface area contributed by atoms with Gasteiger partial charge in [0.25, 0.3) is 0 Å². The van der Waals surface area contributed by atoms with Crippen molar-refractivity contribution in [1.82, 2.24) is 0 Å². The molecule has 0 saturated heterocycles. The fraction of sp³-hybridized carbons (Fsp3) is 0.0588. The summed E-state index contributed by atoms with van der Waals surface area (Å²) in [6, 6.07) is 10.8. The molecule has 4 nitrogen and oxygen atoms in total. The lowest BCUT2D eigenvalue weighted by molar-refractivity contribution is 0.103. The molecule has 0 radical (unpaired) electrons. The minimum atomic E-state index is -0.332. The normalized spacial score (nSPS) is 10.7. The molecule has 104 valence electrons. The average molecular weight is 280 g/mol. The second-order valence-electron chi connectivity index (χ2n) is 4.85. The first-order valence-corrected chi connectivity index (χ1v) is 6.42. The summed E-state index contributed by atoms with van der Waals surface area (Å²) in [6.07, 6.45) is 1.32. The van der Waals surface area contributed by atoms with Crippen molar-refractivity contribution in [3.63, 3.8) is 0 Å². The lowest BCUT2D eigenvalue weighted by atomic mass is 9.99. The zero-order chi connectivity index (χ0) is 15.0. The van der Waals surface area contributed by atoms with Gasteiger partial charge in [-0.1, -0.05) is 11.6 Å². The Morgan fingerprint density at radius 1 is 1.10 bits per heavy atom. The molecular weight excluding hydrogens is 268 g/mol. The molecule has 0 aliphatic heterocycles. The van der Waals surface area contributed by atoms with E-state index < -0.39 is 0 Å². The summed E-state index contributed by atoms with van der Waals surface area (Å²) < 4.78 is 5.22. The second kappa shape index (κ2) is 4.90. The molecule has 3 aromatic rings. The number of hydrogen-bond donors (Lipinski definition) is 1. The van der Waals surface area contributed by atoms with Crippen molar-refractivity contribution < 1.29 is 14.3 Å². The highest BCUT2D eigenvalue weighted by atomic mass is 16.3. The Morgan fingerprint density at radius 3 is 2.71 bits per heavy atom. The number of hydrogen-bond acceptors (Lipinski definition) is 4. The van der Waals surface area contributed by atoms with Crippen molar-refractivity contribution in [1.29, 1.82) is 0 Å². The Labute approximate surface area is 120 Å². The molecule has 0 spiro atoms. The van der Waals surface area contributed by atoms with Crippen LogP contribution in [-0.2, 0) is 0 Å². The largest absolute Gasteiger partial charge is 0.507 e. The highest BCUT2D eigenvalue weighted by molar-refractivity contribution is 6.12. The van der Waals surface area contributed by atoms with Gasteiger partial charge >= 0.3 is 0 Å². The summed E-state index contributed by atoms with van der Waals surface area (Å²) in [7, 11) is 0. The number of fused-ring (bicyclic) bond motifs is 1. The van der Waals surface area contributed by atoms with E-state index in [2.05, 4.69) is 0 Å². The Morgan fingerprint density at radius 2 is 1.90 bits per heavy atom. The Kier molecular flexibility index (Phi) is 3.06. The second-order valence-corrected chi connectivity index (χ2v) is 4.85. The third kappa shape index (κ3) is 2.31. The van der Waals surface area contributed by atoms with Crippen molar-refractivity contribution >= 4 is 16.8 Å². The fourth-order valence-electron chi connectivity index (χ4n) is 2.21. The van der Waals surface area contributed by atoms with Gasteiger partial charge in [0.2, 0.25) is 0 Å². The zero-order valence-electron chi connectivity index (χ0n) is 11.3. The predicted molar refractivity (Wildman–Crippen MR) is 78.8 cm³/mol. The van der Waals surface area contributed by atoms with E-state index in [-0.39, 0.29) is 22.5 Å². The van der Waals surface area contributed by atoms with E-state index in [9.17, 15) is 14.7 Å². The van der Waals surface area contributed by atoms with Gasteiger partial charge < -0.3 is 9.52 Å². The fourth-order valence-corrected chi connectivity index (χ4v) is 2.21. The number of aryl methyl sites for hydroxylation is 1. The Balaban J connectivity index is 2.16. The van der Waals surface area contributed by atoms with Gasteiger partial charge in [0.1, 0.15) is 11.3 Å². The molecular formula is C17H12O4. The van der Waals surface area contributed by atoms with Crippen LogP contribution < -0.4 is 5.43 Å². The zero-order valence-corrected chi connectivity index (χ0v) is 11.3. The van der Waals surface area contributed by atoms with Crippen molar-refractivity contribution in [3.05, 3.63) is 75.6 Å². The van der Waals surface area contributed by atoms with Crippen LogP contribution in [0, 0.1) is 6.92 Å². The molecule has 0 bridgehead atoms. The molecule has 21 heavy (non-hydrogen) atoms. The summed E-state index contributed by atoms with van der Waals surface area (Å²) in [6.45, 7) is 1.84. The van der Waals surface area contributed by atoms with Crippen molar-refractivity contribution in [3.8, 4) is 5.75 Å². The molecule has 3 rings (SSSR count). The van der Waals surface area contributed by atoms with Gasteiger partial charge in [0.15, 0.2) is 11.2 Å². The minimum Gasteiger partial charge on any atom is -0.507 e. The van der Waals surface area contributed by atoms with Crippen LogP contribution >= 0.6 is 0 Å². The molecule has 1 N–H and O–H groups in total. The Bertz CT molecular complexity index is 906. The van der Waals surface area contributed by atoms with E-state index in [0.717, 1.165) is 5.56 Å². The van der Waals surface area contributed by atoms with Crippen LogP contribution in [0.5, 0.6) is 5.75 Å². The van der Waals surface area contributed by atoms with E-state index in [1.54, 1.807) is 24.3 Å². The van der Waals surface area contributed by atoms with Gasteiger partial charge in [0.05, 0.1) is 17.2 Å².